The molecule has 218 valence electrons. The first-order valence-corrected chi connectivity index (χ1v) is 14.1. The summed E-state index contributed by atoms with van der Waals surface area (Å²) in [6.07, 6.45) is -0.965. The Morgan fingerprint density at radius 1 is 0.833 bits per heavy atom. The van der Waals surface area contributed by atoms with Crippen LogP contribution in [-0.4, -0.2) is 40.2 Å². The first-order valence-electron chi connectivity index (χ1n) is 13.3. The highest BCUT2D eigenvalue weighted by Crippen LogP contribution is 2.50. The number of hydrogen-bond acceptors (Lipinski definition) is 8. The Balaban J connectivity index is 1.58. The van der Waals surface area contributed by atoms with Gasteiger partial charge in [-0.05, 0) is 45.3 Å². The van der Waals surface area contributed by atoms with Crippen LogP contribution in [0.25, 0.3) is 0 Å². The van der Waals surface area contributed by atoms with Gasteiger partial charge in [-0.15, -0.1) is 0 Å². The summed E-state index contributed by atoms with van der Waals surface area (Å²) in [5.74, 6) is 1.04. The molecule has 0 amide bonds. The van der Waals surface area contributed by atoms with Crippen LogP contribution >= 0.6 is 15.9 Å². The average Bonchev–Trinajstić information content (AvgIpc) is 3.52. The van der Waals surface area contributed by atoms with Crippen LogP contribution in [0.2, 0.25) is 0 Å². The van der Waals surface area contributed by atoms with E-state index < -0.39 is 12.2 Å². The fourth-order valence-corrected chi connectivity index (χ4v) is 5.40. The highest BCUT2D eigenvalue weighted by atomic mass is 79.9. The molecule has 0 saturated heterocycles. The van der Waals surface area contributed by atoms with Crippen molar-refractivity contribution in [2.45, 2.75) is 25.4 Å². The largest absolute Gasteiger partial charge is 0.497 e. The normalized spacial score (nSPS) is 12.7. The Kier molecular flexibility index (Phi) is 9.63. The Labute approximate surface area is 253 Å². The van der Waals surface area contributed by atoms with Crippen molar-refractivity contribution >= 4 is 21.7 Å². The van der Waals surface area contributed by atoms with E-state index in [4.69, 9.17) is 33.2 Å². The van der Waals surface area contributed by atoms with Gasteiger partial charge in [0.15, 0.2) is 23.6 Å². The SMILES string of the molecule is COc1ccc(C(=O)C(c2cc3c(c(Br)c2OCc2ccccc2)OCO3)C(OC)OC)c(OCc2ccccc2)c1. The van der Waals surface area contributed by atoms with Crippen LogP contribution in [0, 0.1) is 0 Å². The number of halogens is 1. The van der Waals surface area contributed by atoms with Crippen LogP contribution in [0.4, 0.5) is 0 Å². The van der Waals surface area contributed by atoms with E-state index in [0.717, 1.165) is 11.1 Å². The third-order valence-electron chi connectivity index (χ3n) is 6.86. The number of methoxy groups -OCH3 is 3. The van der Waals surface area contributed by atoms with E-state index in [1.54, 1.807) is 31.4 Å². The highest BCUT2D eigenvalue weighted by molar-refractivity contribution is 9.10. The summed E-state index contributed by atoms with van der Waals surface area (Å²) < 4.78 is 41.3. The monoisotopic (exact) mass is 634 g/mol. The van der Waals surface area contributed by atoms with Gasteiger partial charge in [0.25, 0.3) is 0 Å². The molecule has 0 N–H and O–H groups in total. The van der Waals surface area contributed by atoms with Crippen LogP contribution < -0.4 is 23.7 Å². The van der Waals surface area contributed by atoms with E-state index in [-0.39, 0.29) is 25.8 Å². The minimum absolute atomic E-state index is 0.0437. The number of rotatable bonds is 13. The molecule has 8 nitrogen and oxygen atoms in total. The molecule has 0 spiro atoms. The van der Waals surface area contributed by atoms with E-state index in [9.17, 15) is 4.79 Å². The number of benzene rings is 4. The van der Waals surface area contributed by atoms with Crippen molar-refractivity contribution in [2.24, 2.45) is 0 Å². The fraction of sp³-hybridized carbons (Fsp3) is 0.242. The molecule has 4 aromatic rings. The van der Waals surface area contributed by atoms with Crippen LogP contribution in [0.3, 0.4) is 0 Å². The van der Waals surface area contributed by atoms with Gasteiger partial charge in [0.1, 0.15) is 40.9 Å². The molecule has 0 radical (unpaired) electrons. The second kappa shape index (κ2) is 13.7. The van der Waals surface area contributed by atoms with Crippen molar-refractivity contribution in [3.05, 3.63) is 112 Å². The maximum atomic E-state index is 14.6. The predicted molar refractivity (Wildman–Crippen MR) is 160 cm³/mol. The molecule has 0 aliphatic carbocycles. The average molecular weight is 636 g/mol. The number of ketones is 1. The number of fused-ring (bicyclic) bond motifs is 1. The fourth-order valence-electron chi connectivity index (χ4n) is 4.75. The van der Waals surface area contributed by atoms with Crippen molar-refractivity contribution in [1.82, 2.24) is 0 Å². The lowest BCUT2D eigenvalue weighted by atomic mass is 9.88. The second-order valence-corrected chi connectivity index (χ2v) is 10.2. The first-order chi connectivity index (χ1) is 20.5. The molecule has 1 unspecified atom stereocenters. The number of carbonyl (C=O) groups is 1. The van der Waals surface area contributed by atoms with E-state index in [2.05, 4.69) is 15.9 Å². The zero-order chi connectivity index (χ0) is 29.5. The maximum Gasteiger partial charge on any atom is 0.231 e. The van der Waals surface area contributed by atoms with Crippen LogP contribution in [-0.2, 0) is 22.7 Å². The minimum Gasteiger partial charge on any atom is -0.497 e. The Morgan fingerprint density at radius 2 is 1.48 bits per heavy atom. The molecular formula is C33H31BrO8. The minimum atomic E-state index is -0.968. The van der Waals surface area contributed by atoms with Crippen LogP contribution in [0.1, 0.15) is 33.0 Å². The van der Waals surface area contributed by atoms with Crippen molar-refractivity contribution in [3.63, 3.8) is 0 Å². The second-order valence-electron chi connectivity index (χ2n) is 9.44. The van der Waals surface area contributed by atoms with Gasteiger partial charge in [0.2, 0.25) is 6.79 Å². The van der Waals surface area contributed by atoms with Gasteiger partial charge in [-0.3, -0.25) is 4.79 Å². The summed E-state index contributed by atoms with van der Waals surface area (Å²) in [6, 6.07) is 26.3. The quantitative estimate of drug-likeness (QED) is 0.116. The molecule has 0 fully saturated rings. The standard InChI is InChI=1S/C33H31BrO8/c1-36-23-14-15-24(26(16-23)39-18-21-10-6-4-7-11-21)30(35)28(33(37-2)38-3)25-17-27-32(42-20-41-27)29(34)31(25)40-19-22-12-8-5-9-13-22/h4-17,28,33H,18-20H2,1-3H3. The molecule has 5 rings (SSSR count). The molecule has 1 heterocycles. The van der Waals surface area contributed by atoms with Crippen molar-refractivity contribution in [3.8, 4) is 28.7 Å². The van der Waals surface area contributed by atoms with E-state index in [1.165, 1.54) is 14.2 Å². The van der Waals surface area contributed by atoms with E-state index >= 15 is 0 Å². The third-order valence-corrected chi connectivity index (χ3v) is 7.58. The molecular weight excluding hydrogens is 604 g/mol. The summed E-state index contributed by atoms with van der Waals surface area (Å²) in [5, 5.41) is 0. The zero-order valence-electron chi connectivity index (χ0n) is 23.5. The number of ether oxygens (including phenoxy) is 7. The van der Waals surface area contributed by atoms with Gasteiger partial charge in [0.05, 0.1) is 12.7 Å². The molecule has 1 aliphatic rings. The molecule has 0 bridgehead atoms. The third kappa shape index (κ3) is 6.38. The Morgan fingerprint density at radius 3 is 2.10 bits per heavy atom. The number of Topliss-reactive ketones (excluding diaryl/α,β-unsaturated/α-hetero) is 1. The zero-order valence-corrected chi connectivity index (χ0v) is 25.1. The topological polar surface area (TPSA) is 81.7 Å². The van der Waals surface area contributed by atoms with Gasteiger partial charge in [-0.1, -0.05) is 60.7 Å². The van der Waals surface area contributed by atoms with Crippen molar-refractivity contribution in [1.29, 1.82) is 0 Å². The van der Waals surface area contributed by atoms with Gasteiger partial charge in [-0.2, -0.15) is 0 Å². The molecule has 0 saturated carbocycles. The van der Waals surface area contributed by atoms with Crippen molar-refractivity contribution in [2.75, 3.05) is 28.1 Å². The number of hydrogen-bond donors (Lipinski definition) is 0. The summed E-state index contributed by atoms with van der Waals surface area (Å²) in [7, 11) is 4.54. The van der Waals surface area contributed by atoms with Gasteiger partial charge >= 0.3 is 0 Å². The number of carbonyl (C=O) groups excluding carboxylic acids is 1. The summed E-state index contributed by atoms with van der Waals surface area (Å²) >= 11 is 3.64. The molecule has 0 aromatic heterocycles. The van der Waals surface area contributed by atoms with Crippen LogP contribution in [0.15, 0.2) is 89.4 Å². The molecule has 9 heteroatoms. The van der Waals surface area contributed by atoms with Gasteiger partial charge < -0.3 is 33.2 Å². The van der Waals surface area contributed by atoms with Crippen molar-refractivity contribution < 1.29 is 38.0 Å². The predicted octanol–water partition coefficient (Wildman–Crippen LogP) is 6.93. The first kappa shape index (κ1) is 29.4. The lowest BCUT2D eigenvalue weighted by Crippen LogP contribution is -2.30. The van der Waals surface area contributed by atoms with Gasteiger partial charge in [0, 0.05) is 25.8 Å². The van der Waals surface area contributed by atoms with Gasteiger partial charge in [-0.25, -0.2) is 0 Å². The Bertz CT molecular complexity index is 1510. The lowest BCUT2D eigenvalue weighted by Gasteiger charge is -2.27. The lowest BCUT2D eigenvalue weighted by molar-refractivity contribution is -0.110. The maximum absolute atomic E-state index is 14.6. The molecule has 4 aromatic carbocycles. The molecule has 42 heavy (non-hydrogen) atoms. The Hall–Kier alpha value is -4.05. The highest BCUT2D eigenvalue weighted by Gasteiger charge is 2.38. The van der Waals surface area contributed by atoms with E-state index in [1.807, 2.05) is 60.7 Å². The summed E-state index contributed by atoms with van der Waals surface area (Å²) in [4.78, 5) is 14.6. The van der Waals surface area contributed by atoms with E-state index in [0.29, 0.717) is 44.3 Å². The molecule has 1 aliphatic heterocycles. The van der Waals surface area contributed by atoms with Crippen LogP contribution in [0.5, 0.6) is 28.7 Å². The summed E-state index contributed by atoms with van der Waals surface area (Å²) in [5.41, 5.74) is 2.75. The summed E-state index contributed by atoms with van der Waals surface area (Å²) in [6.45, 7) is 0.561. The smallest absolute Gasteiger partial charge is 0.231 e. The molecule has 1 atom stereocenters.